The lowest BCUT2D eigenvalue weighted by Crippen LogP contribution is -1.75. The fourth-order valence-electron chi connectivity index (χ4n) is 1.18. The highest BCUT2D eigenvalue weighted by Crippen LogP contribution is 2.15. The molecule has 0 saturated heterocycles. The smallest absolute Gasteiger partial charge is 0.101 e. The number of H-pyrrole nitrogens is 1. The first-order valence-electron chi connectivity index (χ1n) is 3.38. The van der Waals surface area contributed by atoms with Gasteiger partial charge in [0, 0.05) is 11.6 Å². The third-order valence-electron chi connectivity index (χ3n) is 1.71. The molecule has 0 atom stereocenters. The molecule has 0 unspecified atom stereocenters. The van der Waals surface area contributed by atoms with Gasteiger partial charge in [0.05, 0.1) is 11.1 Å². The maximum absolute atomic E-state index is 8.68. The minimum absolute atomic E-state index is 0. The molecule has 4 heteroatoms. The van der Waals surface area contributed by atoms with Crippen molar-refractivity contribution in [2.45, 2.75) is 0 Å². The van der Waals surface area contributed by atoms with E-state index in [0.29, 0.717) is 5.56 Å². The summed E-state index contributed by atoms with van der Waals surface area (Å²) in [5.74, 6) is 0. The number of aromatic nitrogens is 1. The minimum atomic E-state index is 0. The average molecular weight is 215 g/mol. The van der Waals surface area contributed by atoms with Crippen LogP contribution < -0.4 is 0 Å². The monoisotopic (exact) mass is 214 g/mol. The van der Waals surface area contributed by atoms with E-state index >= 15 is 0 Å². The Labute approximate surface area is 88.4 Å². The van der Waals surface area contributed by atoms with Crippen LogP contribution in [-0.2, 0) is 0 Å². The number of hydrogen-bond acceptors (Lipinski definition) is 1. The summed E-state index contributed by atoms with van der Waals surface area (Å²) in [4.78, 5) is 3.02. The Kier molecular flexibility index (Phi) is 4.33. The first-order chi connectivity index (χ1) is 5.42. The summed E-state index contributed by atoms with van der Waals surface area (Å²) in [6, 6.07) is 9.75. The van der Waals surface area contributed by atoms with Gasteiger partial charge in [0.2, 0.25) is 0 Å². The second-order valence-corrected chi connectivity index (χ2v) is 2.36. The molecule has 68 valence electrons. The molecule has 1 heterocycles. The van der Waals surface area contributed by atoms with Crippen LogP contribution in [-0.4, -0.2) is 4.98 Å². The van der Waals surface area contributed by atoms with Gasteiger partial charge < -0.3 is 4.98 Å². The first-order valence-corrected chi connectivity index (χ1v) is 3.38. The van der Waals surface area contributed by atoms with Crippen LogP contribution in [0.4, 0.5) is 0 Å². The quantitative estimate of drug-likeness (QED) is 0.720. The molecule has 2 rings (SSSR count). The van der Waals surface area contributed by atoms with Gasteiger partial charge >= 0.3 is 0 Å². The van der Waals surface area contributed by atoms with Gasteiger partial charge in [-0.25, -0.2) is 0 Å². The topological polar surface area (TPSA) is 39.6 Å². The molecule has 2 nitrogen and oxygen atoms in total. The van der Waals surface area contributed by atoms with Gasteiger partial charge in [0.25, 0.3) is 0 Å². The molecule has 0 bridgehead atoms. The van der Waals surface area contributed by atoms with E-state index in [9.17, 15) is 0 Å². The molecule has 0 radical (unpaired) electrons. The number of hydrogen-bond donors (Lipinski definition) is 1. The minimum Gasteiger partial charge on any atom is -0.360 e. The molecule has 1 N–H and O–H groups in total. The molecule has 1 aromatic carbocycles. The Bertz CT molecular complexity index is 428. The number of nitriles is 1. The van der Waals surface area contributed by atoms with Crippen molar-refractivity contribution in [1.29, 1.82) is 5.26 Å². The normalized spacial score (nSPS) is 8.23. The van der Waals surface area contributed by atoms with Crippen LogP contribution in [0.1, 0.15) is 5.56 Å². The van der Waals surface area contributed by atoms with Crippen LogP contribution in [0.5, 0.6) is 0 Å². The number of nitrogens with one attached hydrogen (secondary N) is 1. The number of aromatic amines is 1. The van der Waals surface area contributed by atoms with Crippen molar-refractivity contribution in [1.82, 2.24) is 4.98 Å². The van der Waals surface area contributed by atoms with E-state index in [1.54, 1.807) is 6.07 Å². The van der Waals surface area contributed by atoms with Gasteiger partial charge in [-0.15, -0.1) is 24.8 Å². The molecule has 0 amide bonds. The van der Waals surface area contributed by atoms with Crippen LogP contribution in [0.15, 0.2) is 30.5 Å². The summed E-state index contributed by atoms with van der Waals surface area (Å²) in [7, 11) is 0. The molecule has 0 aliphatic rings. The fraction of sp³-hybridized carbons (Fsp3) is 0. The third kappa shape index (κ3) is 1.95. The summed E-state index contributed by atoms with van der Waals surface area (Å²) in [5, 5.41) is 9.77. The molecule has 2 aromatic rings. The van der Waals surface area contributed by atoms with Crippen LogP contribution in [0.25, 0.3) is 10.9 Å². The van der Waals surface area contributed by atoms with E-state index in [0.717, 1.165) is 10.9 Å². The lowest BCUT2D eigenvalue weighted by Gasteiger charge is -1.90. The van der Waals surface area contributed by atoms with Gasteiger partial charge in [-0.2, -0.15) is 5.26 Å². The van der Waals surface area contributed by atoms with E-state index in [-0.39, 0.29) is 24.8 Å². The van der Waals surface area contributed by atoms with Crippen molar-refractivity contribution in [3.63, 3.8) is 0 Å². The Morgan fingerprint density at radius 2 is 1.92 bits per heavy atom. The van der Waals surface area contributed by atoms with Crippen molar-refractivity contribution >= 4 is 35.7 Å². The van der Waals surface area contributed by atoms with Crippen LogP contribution in [0.2, 0.25) is 0 Å². The molecule has 0 aliphatic carbocycles. The second-order valence-electron chi connectivity index (χ2n) is 2.36. The molecule has 0 fully saturated rings. The summed E-state index contributed by atoms with van der Waals surface area (Å²) < 4.78 is 0. The number of fused-ring (bicyclic) bond motifs is 1. The highest BCUT2D eigenvalue weighted by molar-refractivity contribution is 5.86. The van der Waals surface area contributed by atoms with Crippen LogP contribution >= 0.6 is 24.8 Å². The molecule has 1 aromatic heterocycles. The number of rotatable bonds is 0. The lowest BCUT2D eigenvalue weighted by atomic mass is 10.2. The summed E-state index contributed by atoms with van der Waals surface area (Å²) >= 11 is 0. The molecular formula is C9H8Cl2N2. The predicted octanol–water partition coefficient (Wildman–Crippen LogP) is 2.88. The lowest BCUT2D eigenvalue weighted by molar-refractivity contribution is 1.44. The second kappa shape index (κ2) is 4.76. The zero-order valence-corrected chi connectivity index (χ0v) is 8.28. The predicted molar refractivity (Wildman–Crippen MR) is 57.5 cm³/mol. The Balaban J connectivity index is 0.000000720. The Morgan fingerprint density at radius 1 is 1.15 bits per heavy atom. The molecule has 0 aliphatic heterocycles. The number of nitrogens with zero attached hydrogens (tertiary/aromatic N) is 1. The summed E-state index contributed by atoms with van der Waals surface area (Å²) in [5.41, 5.74) is 1.63. The van der Waals surface area contributed by atoms with Crippen LogP contribution in [0.3, 0.4) is 0 Å². The molecule has 0 spiro atoms. The molecule has 0 saturated carbocycles. The van der Waals surface area contributed by atoms with Gasteiger partial charge in [0.15, 0.2) is 0 Å². The van der Waals surface area contributed by atoms with Gasteiger partial charge in [-0.1, -0.05) is 12.1 Å². The summed E-state index contributed by atoms with van der Waals surface area (Å²) in [6.07, 6.45) is 1.84. The van der Waals surface area contributed by atoms with Crippen molar-refractivity contribution in [3.05, 3.63) is 36.0 Å². The Morgan fingerprint density at radius 3 is 2.62 bits per heavy atom. The fourth-order valence-corrected chi connectivity index (χ4v) is 1.18. The maximum atomic E-state index is 8.68. The van der Waals surface area contributed by atoms with E-state index in [4.69, 9.17) is 5.26 Å². The largest absolute Gasteiger partial charge is 0.360 e. The van der Waals surface area contributed by atoms with Crippen molar-refractivity contribution in [2.75, 3.05) is 0 Å². The SMILES string of the molecule is Cl.Cl.N#Cc1cccc2cc[nH]c12. The molecule has 13 heavy (non-hydrogen) atoms. The van der Waals surface area contributed by atoms with Crippen molar-refractivity contribution in [3.8, 4) is 6.07 Å². The highest BCUT2D eigenvalue weighted by atomic mass is 35.5. The average Bonchev–Trinajstić information content (AvgIpc) is 2.50. The third-order valence-corrected chi connectivity index (χ3v) is 1.71. The van der Waals surface area contributed by atoms with Gasteiger partial charge in [-0.3, -0.25) is 0 Å². The van der Waals surface area contributed by atoms with Gasteiger partial charge in [-0.05, 0) is 12.1 Å². The standard InChI is InChI=1S/C9H6N2.2ClH/c10-6-8-3-1-2-7-4-5-11-9(7)8;;/h1-5,11H;2*1H. The van der Waals surface area contributed by atoms with Crippen molar-refractivity contribution in [2.24, 2.45) is 0 Å². The number of para-hydroxylation sites is 1. The van der Waals surface area contributed by atoms with Crippen molar-refractivity contribution < 1.29 is 0 Å². The zero-order valence-electron chi connectivity index (χ0n) is 6.65. The highest BCUT2D eigenvalue weighted by Gasteiger charge is 1.97. The molecular weight excluding hydrogens is 207 g/mol. The van der Waals surface area contributed by atoms with Gasteiger partial charge in [0.1, 0.15) is 6.07 Å². The van der Waals surface area contributed by atoms with E-state index in [1.807, 2.05) is 24.4 Å². The van der Waals surface area contributed by atoms with E-state index in [1.165, 1.54) is 0 Å². The first kappa shape index (κ1) is 11.8. The maximum Gasteiger partial charge on any atom is 0.101 e. The van der Waals surface area contributed by atoms with E-state index < -0.39 is 0 Å². The van der Waals surface area contributed by atoms with E-state index in [2.05, 4.69) is 11.1 Å². The number of benzene rings is 1. The zero-order chi connectivity index (χ0) is 7.68. The summed E-state index contributed by atoms with van der Waals surface area (Å²) in [6.45, 7) is 0. The van der Waals surface area contributed by atoms with Crippen LogP contribution in [0, 0.1) is 11.3 Å². The number of halogens is 2. The Hall–Kier alpha value is -1.17.